The summed E-state index contributed by atoms with van der Waals surface area (Å²) in [7, 11) is 1.74. The first-order chi connectivity index (χ1) is 10.8. The zero-order valence-electron chi connectivity index (χ0n) is 12.1. The van der Waals surface area contributed by atoms with Crippen LogP contribution in [0.15, 0.2) is 60.7 Å². The summed E-state index contributed by atoms with van der Waals surface area (Å²) in [6.07, 6.45) is 0. The molecule has 0 N–H and O–H groups in total. The van der Waals surface area contributed by atoms with Gasteiger partial charge < -0.3 is 4.74 Å². The van der Waals surface area contributed by atoms with E-state index in [4.69, 9.17) is 4.74 Å². The van der Waals surface area contributed by atoms with Gasteiger partial charge in [-0.05, 0) is 34.4 Å². The number of methoxy groups -OCH3 is 1. The molecule has 0 radical (unpaired) electrons. The molecular formula is C20H13FO. The first-order valence-corrected chi connectivity index (χ1v) is 7.36. The summed E-state index contributed by atoms with van der Waals surface area (Å²) in [5.41, 5.74) is 7.13. The molecular weight excluding hydrogens is 275 g/mol. The average Bonchev–Trinajstić information content (AvgIpc) is 3.01. The van der Waals surface area contributed by atoms with E-state index in [9.17, 15) is 4.39 Å². The molecule has 106 valence electrons. The number of hydrogen-bond acceptors (Lipinski definition) is 1. The van der Waals surface area contributed by atoms with Crippen LogP contribution in [0.3, 0.4) is 0 Å². The van der Waals surface area contributed by atoms with Gasteiger partial charge >= 0.3 is 0 Å². The predicted octanol–water partition coefficient (Wildman–Crippen LogP) is 4.72. The Hall–Kier alpha value is -2.45. The molecule has 0 fully saturated rings. The summed E-state index contributed by atoms with van der Waals surface area (Å²) in [6, 6.07) is 19.6. The molecule has 0 bridgehead atoms. The minimum Gasteiger partial charge on any atom is -0.364 e. The number of benzene rings is 3. The molecule has 0 aliphatic heterocycles. The van der Waals surface area contributed by atoms with E-state index in [0.29, 0.717) is 0 Å². The van der Waals surface area contributed by atoms with Crippen LogP contribution in [0.2, 0.25) is 0 Å². The zero-order valence-corrected chi connectivity index (χ0v) is 12.1. The Morgan fingerprint density at radius 3 is 2.27 bits per heavy atom. The Bertz CT molecular complexity index is 944. The Morgan fingerprint density at radius 2 is 1.45 bits per heavy atom. The van der Waals surface area contributed by atoms with Crippen molar-refractivity contribution in [2.24, 2.45) is 0 Å². The molecule has 0 saturated heterocycles. The Morgan fingerprint density at radius 1 is 0.773 bits per heavy atom. The van der Waals surface area contributed by atoms with Crippen LogP contribution in [0.5, 0.6) is 0 Å². The lowest BCUT2D eigenvalue weighted by Crippen LogP contribution is -2.26. The van der Waals surface area contributed by atoms with Gasteiger partial charge in [-0.15, -0.1) is 0 Å². The van der Waals surface area contributed by atoms with Gasteiger partial charge in [-0.25, -0.2) is 4.39 Å². The van der Waals surface area contributed by atoms with Crippen LogP contribution in [-0.2, 0) is 10.3 Å². The largest absolute Gasteiger partial charge is 0.364 e. The lowest BCUT2D eigenvalue weighted by molar-refractivity contribution is 0.0662. The first-order valence-electron chi connectivity index (χ1n) is 7.36. The molecule has 0 saturated carbocycles. The van der Waals surface area contributed by atoms with E-state index in [1.54, 1.807) is 13.2 Å². The van der Waals surface area contributed by atoms with E-state index in [-0.39, 0.29) is 5.82 Å². The lowest BCUT2D eigenvalue weighted by Gasteiger charge is -2.28. The van der Waals surface area contributed by atoms with E-state index in [1.165, 1.54) is 17.2 Å². The quantitative estimate of drug-likeness (QED) is 0.629. The average molecular weight is 288 g/mol. The standard InChI is InChI=1S/C20H13FO/c1-22-20-17-8-3-2-5-13(17)14-6-4-7-15(19(14)20)16-11-12(21)9-10-18(16)20/h2-11H,1H3/t20-/m1/s1. The summed E-state index contributed by atoms with van der Waals surface area (Å²) >= 11 is 0. The minimum atomic E-state index is -0.606. The van der Waals surface area contributed by atoms with Crippen molar-refractivity contribution in [3.63, 3.8) is 0 Å². The molecule has 2 aliphatic carbocycles. The highest BCUT2D eigenvalue weighted by atomic mass is 19.1. The monoisotopic (exact) mass is 288 g/mol. The van der Waals surface area contributed by atoms with Crippen LogP contribution in [0, 0.1) is 5.82 Å². The molecule has 0 heterocycles. The normalized spacial score (nSPS) is 19.7. The second-order valence-electron chi connectivity index (χ2n) is 5.85. The van der Waals surface area contributed by atoms with Crippen molar-refractivity contribution in [3.05, 3.63) is 83.2 Å². The number of ether oxygens (including phenoxy) is 1. The molecule has 2 heteroatoms. The lowest BCUT2D eigenvalue weighted by atomic mass is 9.88. The molecule has 22 heavy (non-hydrogen) atoms. The van der Waals surface area contributed by atoms with E-state index >= 15 is 0 Å². The summed E-state index contributed by atoms with van der Waals surface area (Å²) in [5, 5.41) is 0. The molecule has 0 aromatic heterocycles. The van der Waals surface area contributed by atoms with Crippen molar-refractivity contribution in [2.75, 3.05) is 7.11 Å². The summed E-state index contributed by atoms with van der Waals surface area (Å²) in [6.45, 7) is 0. The second-order valence-corrected chi connectivity index (χ2v) is 5.85. The molecule has 3 aromatic rings. The maximum absolute atomic E-state index is 13.8. The van der Waals surface area contributed by atoms with Gasteiger partial charge in [0.1, 0.15) is 11.4 Å². The van der Waals surface area contributed by atoms with Crippen molar-refractivity contribution < 1.29 is 9.13 Å². The molecule has 3 aromatic carbocycles. The third kappa shape index (κ3) is 1.15. The van der Waals surface area contributed by atoms with E-state index in [2.05, 4.69) is 24.3 Å². The van der Waals surface area contributed by atoms with Crippen LogP contribution in [-0.4, -0.2) is 7.11 Å². The van der Waals surface area contributed by atoms with Gasteiger partial charge in [0.05, 0.1) is 0 Å². The molecule has 2 aliphatic rings. The zero-order chi connectivity index (χ0) is 14.9. The van der Waals surface area contributed by atoms with Crippen molar-refractivity contribution in [3.8, 4) is 22.3 Å². The van der Waals surface area contributed by atoms with Gasteiger partial charge in [0, 0.05) is 23.8 Å². The molecule has 1 atom stereocenters. The summed E-state index contributed by atoms with van der Waals surface area (Å²) in [5.74, 6) is -0.212. The first kappa shape index (κ1) is 12.1. The van der Waals surface area contributed by atoms with Gasteiger partial charge in [-0.2, -0.15) is 0 Å². The van der Waals surface area contributed by atoms with Gasteiger partial charge in [0.25, 0.3) is 0 Å². The number of hydrogen-bond donors (Lipinski definition) is 0. The summed E-state index contributed by atoms with van der Waals surface area (Å²) in [4.78, 5) is 0. The van der Waals surface area contributed by atoms with Gasteiger partial charge in [0.15, 0.2) is 0 Å². The fourth-order valence-corrected chi connectivity index (χ4v) is 4.19. The topological polar surface area (TPSA) is 9.23 Å². The smallest absolute Gasteiger partial charge is 0.145 e. The molecule has 5 rings (SSSR count). The number of halogens is 1. The van der Waals surface area contributed by atoms with Crippen molar-refractivity contribution >= 4 is 0 Å². The van der Waals surface area contributed by atoms with Crippen LogP contribution in [0.25, 0.3) is 22.3 Å². The predicted molar refractivity (Wildman–Crippen MR) is 84.2 cm³/mol. The fourth-order valence-electron chi connectivity index (χ4n) is 4.19. The SMILES string of the molecule is CO[C@@]12c3ccccc3-c3cccc(c31)-c1cc(F)ccc12. The maximum atomic E-state index is 13.8. The molecule has 0 spiro atoms. The van der Waals surface area contributed by atoms with Crippen LogP contribution in [0.4, 0.5) is 4.39 Å². The maximum Gasteiger partial charge on any atom is 0.145 e. The highest BCUT2D eigenvalue weighted by Gasteiger charge is 2.51. The van der Waals surface area contributed by atoms with Gasteiger partial charge in [-0.3, -0.25) is 0 Å². The van der Waals surface area contributed by atoms with Crippen molar-refractivity contribution in [1.29, 1.82) is 0 Å². The van der Waals surface area contributed by atoms with Crippen LogP contribution < -0.4 is 0 Å². The highest BCUT2D eigenvalue weighted by molar-refractivity contribution is 5.95. The van der Waals surface area contributed by atoms with Gasteiger partial charge in [0.2, 0.25) is 0 Å². The third-order valence-corrected chi connectivity index (χ3v) is 4.97. The van der Waals surface area contributed by atoms with Gasteiger partial charge in [-0.1, -0.05) is 48.5 Å². The molecule has 0 amide bonds. The van der Waals surface area contributed by atoms with E-state index in [0.717, 1.165) is 27.8 Å². The molecule has 1 nitrogen and oxygen atoms in total. The second kappa shape index (κ2) is 3.84. The van der Waals surface area contributed by atoms with E-state index in [1.807, 2.05) is 24.3 Å². The van der Waals surface area contributed by atoms with Crippen molar-refractivity contribution in [1.82, 2.24) is 0 Å². The van der Waals surface area contributed by atoms with E-state index < -0.39 is 5.60 Å². The van der Waals surface area contributed by atoms with Crippen LogP contribution in [0.1, 0.15) is 16.7 Å². The molecule has 0 unspecified atom stereocenters. The Kier molecular flexibility index (Phi) is 2.12. The third-order valence-electron chi connectivity index (χ3n) is 4.97. The number of fused-ring (bicyclic) bond motifs is 6. The Labute approximate surface area is 128 Å². The minimum absolute atomic E-state index is 0.212. The highest BCUT2D eigenvalue weighted by Crippen LogP contribution is 2.61. The van der Waals surface area contributed by atoms with Crippen LogP contribution >= 0.6 is 0 Å². The summed E-state index contributed by atoms with van der Waals surface area (Å²) < 4.78 is 19.9. The Balaban J connectivity index is 2.02. The van der Waals surface area contributed by atoms with Crippen molar-refractivity contribution in [2.45, 2.75) is 5.60 Å². The fraction of sp³-hybridized carbons (Fsp3) is 0.100. The number of rotatable bonds is 1.